The number of benzene rings is 6. The number of nitrogens with one attached hydrogen (secondary N) is 3. The fourth-order valence-corrected chi connectivity index (χ4v) is 11.1. The summed E-state index contributed by atoms with van der Waals surface area (Å²) in [6.45, 7) is 15.9. The predicted molar refractivity (Wildman–Crippen MR) is 272 cm³/mol. The Hall–Kier alpha value is -6.85. The Morgan fingerprint density at radius 2 is 1.34 bits per heavy atom. The maximum atomic E-state index is 5.23. The summed E-state index contributed by atoms with van der Waals surface area (Å²) >= 11 is 0. The summed E-state index contributed by atoms with van der Waals surface area (Å²) in [6.07, 6.45) is 9.54. The Morgan fingerprint density at radius 1 is 0.677 bits per heavy atom. The van der Waals surface area contributed by atoms with Gasteiger partial charge in [0.25, 0.3) is 0 Å². The lowest BCUT2D eigenvalue weighted by Crippen LogP contribution is -2.44. The fourth-order valence-electron chi connectivity index (χ4n) is 11.1. The molecule has 7 aromatic rings. The zero-order valence-electron chi connectivity index (χ0n) is 38.4. The highest BCUT2D eigenvalue weighted by Gasteiger charge is 2.46. The van der Waals surface area contributed by atoms with Crippen LogP contribution >= 0.6 is 0 Å². The molecule has 0 amide bonds. The van der Waals surface area contributed by atoms with Crippen molar-refractivity contribution >= 4 is 16.3 Å². The number of fused-ring (bicyclic) bond motifs is 2. The Balaban J connectivity index is 0.989. The molecule has 4 heteroatoms. The van der Waals surface area contributed by atoms with Gasteiger partial charge in [0.05, 0.1) is 17.8 Å². The van der Waals surface area contributed by atoms with Gasteiger partial charge in [0.2, 0.25) is 0 Å². The predicted octanol–water partition coefficient (Wildman–Crippen LogP) is 14.3. The molecule has 0 bridgehead atoms. The van der Waals surface area contributed by atoms with E-state index in [-0.39, 0.29) is 29.1 Å². The minimum absolute atomic E-state index is 0.0296. The molecule has 3 N–H and O–H groups in total. The van der Waals surface area contributed by atoms with Gasteiger partial charge in [-0.1, -0.05) is 211 Å². The zero-order chi connectivity index (χ0) is 44.9. The Morgan fingerprint density at radius 3 is 2.02 bits per heavy atom. The summed E-state index contributed by atoms with van der Waals surface area (Å²) in [6, 6.07) is 57.4. The van der Waals surface area contributed by atoms with E-state index in [0.717, 1.165) is 23.2 Å². The van der Waals surface area contributed by atoms with Crippen LogP contribution < -0.4 is 16.0 Å². The van der Waals surface area contributed by atoms with Crippen molar-refractivity contribution in [3.63, 3.8) is 0 Å². The van der Waals surface area contributed by atoms with Crippen LogP contribution in [0.4, 0.5) is 0 Å². The van der Waals surface area contributed by atoms with Gasteiger partial charge in [-0.15, -0.1) is 0 Å². The van der Waals surface area contributed by atoms with Gasteiger partial charge in [0.1, 0.15) is 6.17 Å². The first-order chi connectivity index (χ1) is 31.6. The maximum absolute atomic E-state index is 5.23. The van der Waals surface area contributed by atoms with E-state index >= 15 is 0 Å². The zero-order valence-corrected chi connectivity index (χ0v) is 38.4. The van der Waals surface area contributed by atoms with Gasteiger partial charge in [-0.25, -0.2) is 0 Å². The molecule has 2 heterocycles. The molecule has 0 saturated heterocycles. The molecule has 322 valence electrons. The van der Waals surface area contributed by atoms with E-state index in [0.29, 0.717) is 0 Å². The van der Waals surface area contributed by atoms with Crippen LogP contribution in [-0.2, 0) is 5.41 Å². The number of hydrogen-bond donors (Lipinski definition) is 3. The van der Waals surface area contributed by atoms with E-state index < -0.39 is 0 Å². The summed E-state index contributed by atoms with van der Waals surface area (Å²) in [5, 5.41) is 14.0. The molecule has 0 saturated carbocycles. The van der Waals surface area contributed by atoms with Crippen LogP contribution in [0.1, 0.15) is 92.7 Å². The van der Waals surface area contributed by atoms with Crippen LogP contribution in [0, 0.1) is 5.41 Å². The molecule has 1 aromatic heterocycles. The summed E-state index contributed by atoms with van der Waals surface area (Å²) in [4.78, 5) is 5.23. The Bertz CT molecular complexity index is 3060. The van der Waals surface area contributed by atoms with Crippen LogP contribution in [0.3, 0.4) is 0 Å². The lowest BCUT2D eigenvalue weighted by Gasteiger charge is -2.40. The van der Waals surface area contributed by atoms with Gasteiger partial charge in [0, 0.05) is 33.9 Å². The van der Waals surface area contributed by atoms with Crippen molar-refractivity contribution in [2.24, 2.45) is 5.41 Å². The van der Waals surface area contributed by atoms with Crippen LogP contribution in [0.5, 0.6) is 0 Å². The quantitative estimate of drug-likeness (QED) is 0.121. The largest absolute Gasteiger partial charge is 0.365 e. The van der Waals surface area contributed by atoms with Gasteiger partial charge < -0.3 is 10.6 Å². The molecule has 1 aliphatic heterocycles. The minimum Gasteiger partial charge on any atom is -0.365 e. The molecule has 3 unspecified atom stereocenters. The first-order valence-electron chi connectivity index (χ1n) is 23.2. The van der Waals surface area contributed by atoms with E-state index in [1.807, 2.05) is 6.08 Å². The number of pyridine rings is 1. The Labute approximate surface area is 385 Å². The molecule has 3 atom stereocenters. The van der Waals surface area contributed by atoms with Crippen LogP contribution in [0.15, 0.2) is 217 Å². The highest BCUT2D eigenvalue weighted by atomic mass is 15.2. The van der Waals surface area contributed by atoms with Gasteiger partial charge in [-0.2, -0.15) is 0 Å². The molecule has 65 heavy (non-hydrogen) atoms. The van der Waals surface area contributed by atoms with E-state index in [4.69, 9.17) is 4.98 Å². The van der Waals surface area contributed by atoms with Gasteiger partial charge >= 0.3 is 0 Å². The van der Waals surface area contributed by atoms with Crippen LogP contribution in [-0.4, -0.2) is 12.0 Å². The third-order valence-electron chi connectivity index (χ3n) is 14.3. The van der Waals surface area contributed by atoms with Crippen molar-refractivity contribution in [1.82, 2.24) is 20.9 Å². The molecule has 3 aliphatic rings. The first kappa shape index (κ1) is 42.1. The lowest BCUT2D eigenvalue weighted by atomic mass is 9.75. The molecule has 10 rings (SSSR count). The molecule has 0 spiro atoms. The van der Waals surface area contributed by atoms with E-state index in [1.54, 1.807) is 0 Å². The van der Waals surface area contributed by atoms with Gasteiger partial charge in [0.15, 0.2) is 0 Å². The van der Waals surface area contributed by atoms with E-state index in [1.165, 1.54) is 83.3 Å². The van der Waals surface area contributed by atoms with Crippen molar-refractivity contribution in [2.75, 3.05) is 7.05 Å². The summed E-state index contributed by atoms with van der Waals surface area (Å²) in [5.41, 5.74) is 19.3. The normalized spacial score (nSPS) is 19.1. The number of hydrogen-bond acceptors (Lipinski definition) is 4. The van der Waals surface area contributed by atoms with Crippen molar-refractivity contribution in [2.45, 2.75) is 64.7 Å². The lowest BCUT2D eigenvalue weighted by molar-refractivity contribution is 0.363. The van der Waals surface area contributed by atoms with E-state index in [9.17, 15) is 0 Å². The summed E-state index contributed by atoms with van der Waals surface area (Å²) < 4.78 is 0. The van der Waals surface area contributed by atoms with Crippen molar-refractivity contribution in [3.8, 4) is 22.4 Å². The van der Waals surface area contributed by atoms with Gasteiger partial charge in [-0.3, -0.25) is 10.3 Å². The smallest absolute Gasteiger partial charge is 0.104 e. The number of aromatic nitrogens is 1. The molecular weight excluding hydrogens is 789 g/mol. The molecule has 2 aliphatic carbocycles. The molecule has 4 nitrogen and oxygen atoms in total. The standard InChI is InChI=1S/C61H58N4/c1-8-10-25-49-50(9-2)60(3,4)55-57(64-59(65-58(49)55)42-23-15-12-16-24-42)43-34-37-52(63-38-43)47-36-35-44(45-26-17-18-27-46(45)47)39-30-32-41(33-31-39)56(62-7)54-53(40-21-13-11-14-22-40)48-28-19-20-29-51(48)61(54,5)6/h9-38,56-57,59,62,64-65H,2,8H2,1,3-7H3/b25-10-. The minimum atomic E-state index is -0.241. The highest BCUT2D eigenvalue weighted by Crippen LogP contribution is 2.55. The third-order valence-corrected chi connectivity index (χ3v) is 14.3. The Kier molecular flexibility index (Phi) is 11.0. The van der Waals surface area contributed by atoms with E-state index in [2.05, 4.69) is 240 Å². The summed E-state index contributed by atoms with van der Waals surface area (Å²) in [7, 11) is 2.09. The van der Waals surface area contributed by atoms with Crippen LogP contribution in [0.25, 0.3) is 38.7 Å². The maximum Gasteiger partial charge on any atom is 0.104 e. The van der Waals surface area contributed by atoms with Crippen molar-refractivity contribution < 1.29 is 0 Å². The number of nitrogens with zero attached hydrogens (tertiary/aromatic N) is 1. The second kappa shape index (κ2) is 16.9. The molecular formula is C61H58N4. The summed E-state index contributed by atoms with van der Waals surface area (Å²) in [5.74, 6) is 0. The number of allylic oxidation sites excluding steroid dienone is 4. The second-order valence-electron chi connectivity index (χ2n) is 18.7. The van der Waals surface area contributed by atoms with Gasteiger partial charge in [-0.05, 0) is 97.1 Å². The fraction of sp³-hybridized carbons (Fsp3) is 0.197. The molecule has 0 radical (unpaired) electrons. The molecule has 0 fully saturated rings. The monoisotopic (exact) mass is 846 g/mol. The highest BCUT2D eigenvalue weighted by molar-refractivity contribution is 6.04. The van der Waals surface area contributed by atoms with Crippen LogP contribution in [0.2, 0.25) is 0 Å². The second-order valence-corrected chi connectivity index (χ2v) is 18.7. The van der Waals surface area contributed by atoms with Crippen molar-refractivity contribution in [1.29, 1.82) is 0 Å². The topological polar surface area (TPSA) is 49.0 Å². The SMILES string of the molecule is C=CC1=C(/C=C\CC)C2=C(C(c3ccc(-c4ccc(-c5ccc(C(NC)C6=C(c7ccccc7)c7ccccc7C6(C)C)cc5)c5ccccc45)nc3)NC(c3ccccc3)N2)C1(C)C. The van der Waals surface area contributed by atoms with Crippen molar-refractivity contribution in [3.05, 3.63) is 250 Å². The molecule has 6 aromatic carbocycles. The average Bonchev–Trinajstić information content (AvgIpc) is 3.72. The number of likely N-dealkylation sites (N-methyl/N-ethyl adjacent to an activating group) is 1. The average molecular weight is 847 g/mol. The first-order valence-corrected chi connectivity index (χ1v) is 23.2. The number of rotatable bonds is 11. The third kappa shape index (κ3) is 7.13.